The lowest BCUT2D eigenvalue weighted by Gasteiger charge is -2.20. The van der Waals surface area contributed by atoms with Crippen molar-refractivity contribution in [1.29, 1.82) is 0 Å². The van der Waals surface area contributed by atoms with Crippen molar-refractivity contribution >= 4 is 11.6 Å². The van der Waals surface area contributed by atoms with Gasteiger partial charge in [-0.05, 0) is 47.4 Å². The molecule has 1 heterocycles. The normalized spacial score (nSPS) is 15.0. The standard InChI is InChI=1S/C18H20ClNO/c1-3-20-18(13-6-7-17(19)12(2)8-13)14-4-5-15-10-21-11-16(15)9-14/h4-9,18,20H,3,10-11H2,1-2H3. The molecule has 21 heavy (non-hydrogen) atoms. The predicted molar refractivity (Wildman–Crippen MR) is 86.6 cm³/mol. The minimum Gasteiger partial charge on any atom is -0.372 e. The number of hydrogen-bond donors (Lipinski definition) is 1. The zero-order valence-electron chi connectivity index (χ0n) is 12.4. The highest BCUT2D eigenvalue weighted by atomic mass is 35.5. The van der Waals surface area contributed by atoms with Gasteiger partial charge in [-0.1, -0.05) is 48.9 Å². The van der Waals surface area contributed by atoms with Crippen LogP contribution in [-0.2, 0) is 18.0 Å². The third-order valence-corrected chi connectivity index (χ3v) is 4.43. The summed E-state index contributed by atoms with van der Waals surface area (Å²) in [5.74, 6) is 0. The molecule has 0 spiro atoms. The molecular formula is C18H20ClNO. The Kier molecular flexibility index (Phi) is 4.29. The van der Waals surface area contributed by atoms with Crippen LogP contribution in [0.15, 0.2) is 36.4 Å². The van der Waals surface area contributed by atoms with Crippen molar-refractivity contribution in [3.05, 3.63) is 69.2 Å². The molecule has 2 aromatic carbocycles. The van der Waals surface area contributed by atoms with Crippen molar-refractivity contribution < 1.29 is 4.74 Å². The number of ether oxygens (including phenoxy) is 1. The first-order chi connectivity index (χ1) is 10.2. The molecule has 2 nitrogen and oxygen atoms in total. The number of benzene rings is 2. The van der Waals surface area contributed by atoms with E-state index in [9.17, 15) is 0 Å². The van der Waals surface area contributed by atoms with Crippen molar-refractivity contribution in [3.8, 4) is 0 Å². The van der Waals surface area contributed by atoms with Crippen LogP contribution in [0.25, 0.3) is 0 Å². The first-order valence-electron chi connectivity index (χ1n) is 7.38. The lowest BCUT2D eigenvalue weighted by Crippen LogP contribution is -2.22. The summed E-state index contributed by atoms with van der Waals surface area (Å²) in [6, 6.07) is 13.1. The summed E-state index contributed by atoms with van der Waals surface area (Å²) in [7, 11) is 0. The second-order valence-corrected chi connectivity index (χ2v) is 5.93. The minimum absolute atomic E-state index is 0.192. The molecule has 0 saturated carbocycles. The average Bonchev–Trinajstić information content (AvgIpc) is 2.95. The highest BCUT2D eigenvalue weighted by Gasteiger charge is 2.17. The largest absolute Gasteiger partial charge is 0.372 e. The minimum atomic E-state index is 0.192. The van der Waals surface area contributed by atoms with E-state index in [1.54, 1.807) is 0 Å². The Labute approximate surface area is 131 Å². The topological polar surface area (TPSA) is 21.3 Å². The fraction of sp³-hybridized carbons (Fsp3) is 0.333. The Balaban J connectivity index is 1.99. The van der Waals surface area contributed by atoms with E-state index in [1.165, 1.54) is 22.3 Å². The van der Waals surface area contributed by atoms with Gasteiger partial charge in [0.25, 0.3) is 0 Å². The van der Waals surface area contributed by atoms with Crippen LogP contribution in [0.1, 0.15) is 40.8 Å². The quantitative estimate of drug-likeness (QED) is 0.905. The molecular weight excluding hydrogens is 282 g/mol. The van der Waals surface area contributed by atoms with Gasteiger partial charge in [0, 0.05) is 5.02 Å². The maximum Gasteiger partial charge on any atom is 0.0725 e. The number of nitrogens with one attached hydrogen (secondary N) is 1. The summed E-state index contributed by atoms with van der Waals surface area (Å²) in [4.78, 5) is 0. The smallest absolute Gasteiger partial charge is 0.0725 e. The maximum atomic E-state index is 6.15. The van der Waals surface area contributed by atoms with E-state index in [0.717, 1.165) is 30.3 Å². The van der Waals surface area contributed by atoms with Crippen molar-refractivity contribution in [2.45, 2.75) is 33.1 Å². The molecule has 0 fully saturated rings. The summed E-state index contributed by atoms with van der Waals surface area (Å²) >= 11 is 6.15. The molecule has 0 radical (unpaired) electrons. The van der Waals surface area contributed by atoms with Gasteiger partial charge in [0.05, 0.1) is 19.3 Å². The van der Waals surface area contributed by atoms with Crippen LogP contribution in [0.5, 0.6) is 0 Å². The van der Waals surface area contributed by atoms with Crippen LogP contribution in [0.4, 0.5) is 0 Å². The van der Waals surface area contributed by atoms with Gasteiger partial charge in [-0.15, -0.1) is 0 Å². The fourth-order valence-electron chi connectivity index (χ4n) is 2.85. The Morgan fingerprint density at radius 3 is 2.57 bits per heavy atom. The second kappa shape index (κ2) is 6.18. The van der Waals surface area contributed by atoms with E-state index in [1.807, 2.05) is 13.0 Å². The summed E-state index contributed by atoms with van der Waals surface area (Å²) in [6.07, 6.45) is 0. The first kappa shape index (κ1) is 14.6. The number of halogens is 1. The van der Waals surface area contributed by atoms with Crippen molar-refractivity contribution in [3.63, 3.8) is 0 Å². The van der Waals surface area contributed by atoms with Gasteiger partial charge in [-0.3, -0.25) is 0 Å². The van der Waals surface area contributed by atoms with Gasteiger partial charge in [-0.25, -0.2) is 0 Å². The van der Waals surface area contributed by atoms with Gasteiger partial charge in [-0.2, -0.15) is 0 Å². The number of hydrogen-bond acceptors (Lipinski definition) is 2. The zero-order chi connectivity index (χ0) is 14.8. The van der Waals surface area contributed by atoms with Crippen LogP contribution in [-0.4, -0.2) is 6.54 Å². The number of fused-ring (bicyclic) bond motifs is 1. The van der Waals surface area contributed by atoms with Gasteiger partial charge in [0.1, 0.15) is 0 Å². The second-order valence-electron chi connectivity index (χ2n) is 5.52. The van der Waals surface area contributed by atoms with Crippen molar-refractivity contribution in [1.82, 2.24) is 5.32 Å². The summed E-state index contributed by atoms with van der Waals surface area (Å²) in [6.45, 7) is 6.56. The molecule has 0 aliphatic carbocycles. The summed E-state index contributed by atoms with van der Waals surface area (Å²) in [5.41, 5.74) is 6.25. The zero-order valence-corrected chi connectivity index (χ0v) is 13.2. The predicted octanol–water partition coefficient (Wildman–Crippen LogP) is 4.38. The molecule has 110 valence electrons. The molecule has 1 aliphatic rings. The fourth-order valence-corrected chi connectivity index (χ4v) is 2.97. The van der Waals surface area contributed by atoms with Gasteiger partial charge >= 0.3 is 0 Å². The SMILES string of the molecule is CCNC(c1ccc(Cl)c(C)c1)c1ccc2c(c1)COC2. The highest BCUT2D eigenvalue weighted by molar-refractivity contribution is 6.31. The Hall–Kier alpha value is -1.35. The van der Waals surface area contributed by atoms with Crippen molar-refractivity contribution in [2.24, 2.45) is 0 Å². The third kappa shape index (κ3) is 2.98. The lowest BCUT2D eigenvalue weighted by molar-refractivity contribution is 0.134. The highest BCUT2D eigenvalue weighted by Crippen LogP contribution is 2.29. The van der Waals surface area contributed by atoms with Crippen LogP contribution in [0.3, 0.4) is 0 Å². The van der Waals surface area contributed by atoms with Gasteiger partial charge in [0.15, 0.2) is 0 Å². The molecule has 1 aliphatic heterocycles. The van der Waals surface area contributed by atoms with E-state index in [4.69, 9.17) is 16.3 Å². The van der Waals surface area contributed by atoms with Crippen LogP contribution >= 0.6 is 11.6 Å². The third-order valence-electron chi connectivity index (χ3n) is 4.00. The van der Waals surface area contributed by atoms with E-state index in [0.29, 0.717) is 0 Å². The Bertz CT molecular complexity index is 654. The molecule has 0 amide bonds. The van der Waals surface area contributed by atoms with E-state index in [2.05, 4.69) is 42.6 Å². The van der Waals surface area contributed by atoms with E-state index in [-0.39, 0.29) is 6.04 Å². The maximum absolute atomic E-state index is 6.15. The molecule has 0 bridgehead atoms. The van der Waals surface area contributed by atoms with Gasteiger partial charge in [0.2, 0.25) is 0 Å². The summed E-state index contributed by atoms with van der Waals surface area (Å²) in [5, 5.41) is 4.39. The number of rotatable bonds is 4. The van der Waals surface area contributed by atoms with Crippen LogP contribution in [0.2, 0.25) is 5.02 Å². The molecule has 3 heteroatoms. The monoisotopic (exact) mass is 301 g/mol. The van der Waals surface area contributed by atoms with Crippen LogP contribution in [0, 0.1) is 6.92 Å². The molecule has 3 rings (SSSR count). The first-order valence-corrected chi connectivity index (χ1v) is 7.75. The molecule has 1 N–H and O–H groups in total. The van der Waals surface area contributed by atoms with Crippen molar-refractivity contribution in [2.75, 3.05) is 6.54 Å². The Morgan fingerprint density at radius 1 is 1.10 bits per heavy atom. The summed E-state index contributed by atoms with van der Waals surface area (Å²) < 4.78 is 5.51. The average molecular weight is 302 g/mol. The molecule has 0 saturated heterocycles. The molecule has 0 aromatic heterocycles. The van der Waals surface area contributed by atoms with E-state index < -0.39 is 0 Å². The molecule has 1 unspecified atom stereocenters. The number of aryl methyl sites for hydroxylation is 1. The Morgan fingerprint density at radius 2 is 1.81 bits per heavy atom. The lowest BCUT2D eigenvalue weighted by atomic mass is 9.94. The van der Waals surface area contributed by atoms with E-state index >= 15 is 0 Å². The molecule has 2 aromatic rings. The molecule has 1 atom stereocenters. The van der Waals surface area contributed by atoms with Crippen LogP contribution < -0.4 is 5.32 Å². The van der Waals surface area contributed by atoms with Gasteiger partial charge < -0.3 is 10.1 Å².